The van der Waals surface area contributed by atoms with Crippen LogP contribution in [-0.2, 0) is 6.42 Å². The molecule has 0 aliphatic rings. The number of aliphatic hydroxyl groups excluding tert-OH is 1. The van der Waals surface area contributed by atoms with Crippen molar-refractivity contribution in [3.05, 3.63) is 68.9 Å². The van der Waals surface area contributed by atoms with Crippen molar-refractivity contribution in [1.82, 2.24) is 0 Å². The van der Waals surface area contributed by atoms with Gasteiger partial charge in [-0.25, -0.2) is 4.39 Å². The molecule has 1 atom stereocenters. The minimum absolute atomic E-state index is 0.00640. The van der Waals surface area contributed by atoms with Crippen LogP contribution in [0.4, 0.5) is 4.39 Å². The number of rotatable bonds is 4. The highest BCUT2D eigenvalue weighted by Gasteiger charge is 2.15. The second kappa shape index (κ2) is 6.51. The van der Waals surface area contributed by atoms with Gasteiger partial charge < -0.3 is 5.11 Å². The van der Waals surface area contributed by atoms with Gasteiger partial charge in [-0.2, -0.15) is 0 Å². The number of halogens is 3. The molecule has 0 saturated carbocycles. The Labute approximate surface area is 125 Å². The Kier molecular flexibility index (Phi) is 4.97. The zero-order valence-corrected chi connectivity index (χ0v) is 12.5. The van der Waals surface area contributed by atoms with Crippen LogP contribution in [0.25, 0.3) is 0 Å². The lowest BCUT2D eigenvalue weighted by Crippen LogP contribution is -2.09. The van der Waals surface area contributed by atoms with E-state index in [1.807, 2.05) is 18.2 Å². The first kappa shape index (κ1) is 14.5. The Hall–Kier alpha value is -0.900. The molecule has 0 amide bonds. The van der Waals surface area contributed by atoms with E-state index < -0.39 is 0 Å². The van der Waals surface area contributed by atoms with Crippen LogP contribution >= 0.6 is 27.5 Å². The van der Waals surface area contributed by atoms with Gasteiger partial charge >= 0.3 is 0 Å². The van der Waals surface area contributed by atoms with Gasteiger partial charge in [0, 0.05) is 15.4 Å². The average molecular weight is 344 g/mol. The fourth-order valence-electron chi connectivity index (χ4n) is 2.03. The summed E-state index contributed by atoms with van der Waals surface area (Å²) in [6, 6.07) is 12.0. The van der Waals surface area contributed by atoms with E-state index in [-0.39, 0.29) is 18.3 Å². The summed E-state index contributed by atoms with van der Waals surface area (Å²) < 4.78 is 13.8. The summed E-state index contributed by atoms with van der Waals surface area (Å²) >= 11 is 9.49. The van der Waals surface area contributed by atoms with Crippen LogP contribution in [0.15, 0.2) is 46.9 Å². The average Bonchev–Trinajstić information content (AvgIpc) is 2.39. The first-order valence-electron chi connectivity index (χ1n) is 5.91. The van der Waals surface area contributed by atoms with Crippen molar-refractivity contribution in [2.75, 3.05) is 6.61 Å². The maximum absolute atomic E-state index is 13.1. The molecule has 1 unspecified atom stereocenters. The molecular formula is C15H13BrClFO. The number of aliphatic hydroxyl groups is 1. The first-order chi connectivity index (χ1) is 9.11. The third-order valence-corrected chi connectivity index (χ3v) is 4.13. The molecule has 2 aromatic carbocycles. The van der Waals surface area contributed by atoms with Crippen LogP contribution in [0.1, 0.15) is 17.0 Å². The summed E-state index contributed by atoms with van der Waals surface area (Å²) in [5, 5.41) is 10.2. The fraction of sp³-hybridized carbons (Fsp3) is 0.200. The van der Waals surface area contributed by atoms with E-state index in [0.717, 1.165) is 11.1 Å². The van der Waals surface area contributed by atoms with E-state index in [1.54, 1.807) is 12.1 Å². The number of benzene rings is 2. The normalized spacial score (nSPS) is 12.4. The first-order valence-corrected chi connectivity index (χ1v) is 7.08. The van der Waals surface area contributed by atoms with Crippen molar-refractivity contribution in [2.24, 2.45) is 0 Å². The highest BCUT2D eigenvalue weighted by molar-refractivity contribution is 9.10. The molecule has 0 radical (unpaired) electrons. The Morgan fingerprint density at radius 2 is 1.95 bits per heavy atom. The van der Waals surface area contributed by atoms with Crippen LogP contribution in [-0.4, -0.2) is 11.7 Å². The van der Waals surface area contributed by atoms with Gasteiger partial charge in [-0.05, 0) is 35.7 Å². The second-order valence-corrected chi connectivity index (χ2v) is 5.60. The summed E-state index contributed by atoms with van der Waals surface area (Å²) in [4.78, 5) is 0. The van der Waals surface area contributed by atoms with E-state index >= 15 is 0 Å². The molecular weight excluding hydrogens is 331 g/mol. The van der Waals surface area contributed by atoms with Crippen LogP contribution < -0.4 is 0 Å². The molecule has 100 valence electrons. The van der Waals surface area contributed by atoms with Gasteiger partial charge in [0.1, 0.15) is 5.82 Å². The van der Waals surface area contributed by atoms with E-state index in [9.17, 15) is 9.50 Å². The summed E-state index contributed by atoms with van der Waals surface area (Å²) in [5.41, 5.74) is 1.85. The van der Waals surface area contributed by atoms with E-state index in [0.29, 0.717) is 15.9 Å². The SMILES string of the molecule is OCC(Cc1ccc(F)cc1Br)c1ccccc1Cl. The Morgan fingerprint density at radius 3 is 2.58 bits per heavy atom. The molecule has 0 saturated heterocycles. The smallest absolute Gasteiger partial charge is 0.124 e. The van der Waals surface area contributed by atoms with Gasteiger partial charge in [0.05, 0.1) is 6.61 Å². The van der Waals surface area contributed by atoms with Crippen molar-refractivity contribution in [3.63, 3.8) is 0 Å². The molecule has 0 fully saturated rings. The summed E-state index contributed by atoms with van der Waals surface area (Å²) in [7, 11) is 0. The van der Waals surface area contributed by atoms with Gasteiger partial charge in [-0.3, -0.25) is 0 Å². The van der Waals surface area contributed by atoms with E-state index in [1.165, 1.54) is 12.1 Å². The topological polar surface area (TPSA) is 20.2 Å². The Bertz CT molecular complexity index is 574. The molecule has 19 heavy (non-hydrogen) atoms. The van der Waals surface area contributed by atoms with Gasteiger partial charge in [0.15, 0.2) is 0 Å². The lowest BCUT2D eigenvalue weighted by Gasteiger charge is -2.17. The Morgan fingerprint density at radius 1 is 1.21 bits per heavy atom. The minimum Gasteiger partial charge on any atom is -0.396 e. The lowest BCUT2D eigenvalue weighted by atomic mass is 9.92. The van der Waals surface area contributed by atoms with Crippen LogP contribution in [0.3, 0.4) is 0 Å². The van der Waals surface area contributed by atoms with Crippen LogP contribution in [0, 0.1) is 5.82 Å². The molecule has 0 spiro atoms. The Balaban J connectivity index is 2.27. The molecule has 2 rings (SSSR count). The minimum atomic E-state index is -0.283. The lowest BCUT2D eigenvalue weighted by molar-refractivity contribution is 0.264. The van der Waals surface area contributed by atoms with Gasteiger partial charge in [-0.1, -0.05) is 51.8 Å². The summed E-state index contributed by atoms with van der Waals surface area (Å²) in [6.45, 7) is -0.00640. The zero-order chi connectivity index (χ0) is 13.8. The molecule has 0 bridgehead atoms. The summed E-state index contributed by atoms with van der Waals surface area (Å²) in [5.74, 6) is -0.385. The second-order valence-electron chi connectivity index (χ2n) is 4.34. The highest BCUT2D eigenvalue weighted by atomic mass is 79.9. The third-order valence-electron chi connectivity index (χ3n) is 3.05. The van der Waals surface area contributed by atoms with Crippen LogP contribution in [0.5, 0.6) is 0 Å². The van der Waals surface area contributed by atoms with Crippen molar-refractivity contribution in [2.45, 2.75) is 12.3 Å². The predicted octanol–water partition coefficient (Wildman–Crippen LogP) is 4.56. The number of hydrogen-bond acceptors (Lipinski definition) is 1. The monoisotopic (exact) mass is 342 g/mol. The van der Waals surface area contributed by atoms with E-state index in [2.05, 4.69) is 15.9 Å². The molecule has 0 aliphatic carbocycles. The quantitative estimate of drug-likeness (QED) is 0.863. The van der Waals surface area contributed by atoms with Crippen molar-refractivity contribution < 1.29 is 9.50 Å². The molecule has 0 aromatic heterocycles. The molecule has 1 nitrogen and oxygen atoms in total. The maximum Gasteiger partial charge on any atom is 0.124 e. The molecule has 0 heterocycles. The molecule has 0 aliphatic heterocycles. The van der Waals surface area contributed by atoms with Crippen molar-refractivity contribution in [1.29, 1.82) is 0 Å². The standard InChI is InChI=1S/C15H13BrClFO/c16-14-8-12(18)6-5-10(14)7-11(9-19)13-3-1-2-4-15(13)17/h1-6,8,11,19H,7,9H2. The maximum atomic E-state index is 13.1. The van der Waals surface area contributed by atoms with Crippen molar-refractivity contribution >= 4 is 27.5 Å². The number of hydrogen-bond donors (Lipinski definition) is 1. The van der Waals surface area contributed by atoms with Gasteiger partial charge in [-0.15, -0.1) is 0 Å². The van der Waals surface area contributed by atoms with Gasteiger partial charge in [0.2, 0.25) is 0 Å². The fourth-order valence-corrected chi connectivity index (χ4v) is 2.83. The van der Waals surface area contributed by atoms with Crippen molar-refractivity contribution in [3.8, 4) is 0 Å². The highest BCUT2D eigenvalue weighted by Crippen LogP contribution is 2.29. The summed E-state index contributed by atoms with van der Waals surface area (Å²) in [6.07, 6.45) is 0.598. The predicted molar refractivity (Wildman–Crippen MR) is 79.1 cm³/mol. The molecule has 1 N–H and O–H groups in total. The third kappa shape index (κ3) is 3.56. The van der Waals surface area contributed by atoms with Crippen LogP contribution in [0.2, 0.25) is 5.02 Å². The van der Waals surface area contributed by atoms with Gasteiger partial charge in [0.25, 0.3) is 0 Å². The largest absolute Gasteiger partial charge is 0.396 e. The molecule has 2 aromatic rings. The van der Waals surface area contributed by atoms with E-state index in [4.69, 9.17) is 11.6 Å². The molecule has 4 heteroatoms. The zero-order valence-electron chi connectivity index (χ0n) is 10.1.